The summed E-state index contributed by atoms with van der Waals surface area (Å²) in [6, 6.07) is 0.329. The molecule has 17 heavy (non-hydrogen) atoms. The predicted octanol–water partition coefficient (Wildman–Crippen LogP) is 3.86. The van der Waals surface area contributed by atoms with Crippen molar-refractivity contribution in [3.05, 3.63) is 0 Å². The molecule has 0 spiro atoms. The van der Waals surface area contributed by atoms with Gasteiger partial charge in [-0.2, -0.15) is 0 Å². The van der Waals surface area contributed by atoms with Gasteiger partial charge in [-0.1, -0.05) is 51.9 Å². The standard InChI is InChI=1S/C14H31NO.ClH/c1-5-6-7-8-9-10-11-12-14(13(2)16)15(3)4;/h13-14,16H,5-12H2,1-4H3;1H. The smallest absolute Gasteiger partial charge is 0.0667 e. The Labute approximate surface area is 114 Å². The van der Waals surface area contributed by atoms with E-state index in [0.29, 0.717) is 6.04 Å². The highest BCUT2D eigenvalue weighted by Crippen LogP contribution is 2.13. The van der Waals surface area contributed by atoms with Gasteiger partial charge in [0, 0.05) is 6.04 Å². The van der Waals surface area contributed by atoms with E-state index in [-0.39, 0.29) is 18.5 Å². The number of hydrogen-bond acceptors (Lipinski definition) is 2. The number of halogens is 1. The first kappa shape index (κ1) is 19.5. The zero-order valence-corrected chi connectivity index (χ0v) is 12.9. The first-order chi connectivity index (χ1) is 7.59. The Hall–Kier alpha value is 0.210. The summed E-state index contributed by atoms with van der Waals surface area (Å²) in [4.78, 5) is 2.14. The molecule has 0 bridgehead atoms. The Morgan fingerprint density at radius 2 is 1.41 bits per heavy atom. The van der Waals surface area contributed by atoms with E-state index in [2.05, 4.69) is 25.9 Å². The Bertz CT molecular complexity index is 143. The van der Waals surface area contributed by atoms with Gasteiger partial charge in [0.1, 0.15) is 0 Å². The summed E-state index contributed by atoms with van der Waals surface area (Å²) in [6.07, 6.45) is 10.3. The average Bonchev–Trinajstić information content (AvgIpc) is 2.21. The normalized spacial score (nSPS) is 14.5. The first-order valence-electron chi connectivity index (χ1n) is 6.94. The van der Waals surface area contributed by atoms with Gasteiger partial charge in [-0.25, -0.2) is 0 Å². The Morgan fingerprint density at radius 3 is 1.82 bits per heavy atom. The van der Waals surface area contributed by atoms with Crippen LogP contribution in [0.1, 0.15) is 65.2 Å². The van der Waals surface area contributed by atoms with Gasteiger partial charge >= 0.3 is 0 Å². The van der Waals surface area contributed by atoms with E-state index in [1.165, 1.54) is 44.9 Å². The molecule has 0 rings (SSSR count). The van der Waals surface area contributed by atoms with Crippen molar-refractivity contribution in [3.8, 4) is 0 Å². The van der Waals surface area contributed by atoms with Crippen LogP contribution in [0.2, 0.25) is 0 Å². The Kier molecular flexibility index (Phi) is 14.6. The van der Waals surface area contributed by atoms with Gasteiger partial charge in [0.05, 0.1) is 6.10 Å². The molecule has 0 aromatic rings. The van der Waals surface area contributed by atoms with Crippen LogP contribution in [0.25, 0.3) is 0 Å². The Morgan fingerprint density at radius 1 is 0.941 bits per heavy atom. The maximum Gasteiger partial charge on any atom is 0.0667 e. The summed E-state index contributed by atoms with van der Waals surface area (Å²) in [5.41, 5.74) is 0. The number of aliphatic hydroxyl groups excluding tert-OH is 1. The summed E-state index contributed by atoms with van der Waals surface area (Å²) in [7, 11) is 4.11. The van der Waals surface area contributed by atoms with E-state index in [0.717, 1.165) is 6.42 Å². The minimum atomic E-state index is -0.213. The van der Waals surface area contributed by atoms with Crippen LogP contribution in [-0.4, -0.2) is 36.2 Å². The van der Waals surface area contributed by atoms with Gasteiger partial charge in [-0.05, 0) is 27.4 Å². The van der Waals surface area contributed by atoms with Crippen LogP contribution in [0, 0.1) is 0 Å². The molecule has 0 amide bonds. The first-order valence-corrected chi connectivity index (χ1v) is 6.94. The Balaban J connectivity index is 0. The number of aliphatic hydroxyl groups is 1. The molecule has 2 unspecified atom stereocenters. The highest BCUT2D eigenvalue weighted by molar-refractivity contribution is 5.85. The van der Waals surface area contributed by atoms with E-state index < -0.39 is 0 Å². The van der Waals surface area contributed by atoms with E-state index >= 15 is 0 Å². The van der Waals surface area contributed by atoms with Crippen molar-refractivity contribution in [2.75, 3.05) is 14.1 Å². The largest absolute Gasteiger partial charge is 0.392 e. The van der Waals surface area contributed by atoms with Crippen molar-refractivity contribution in [3.63, 3.8) is 0 Å². The maximum atomic E-state index is 9.61. The summed E-state index contributed by atoms with van der Waals surface area (Å²) >= 11 is 0. The van der Waals surface area contributed by atoms with Crippen molar-refractivity contribution in [2.24, 2.45) is 0 Å². The van der Waals surface area contributed by atoms with E-state index in [1.807, 2.05) is 6.92 Å². The van der Waals surface area contributed by atoms with Crippen LogP contribution in [0.15, 0.2) is 0 Å². The van der Waals surface area contributed by atoms with Gasteiger partial charge in [-0.3, -0.25) is 0 Å². The molecule has 106 valence electrons. The minimum Gasteiger partial charge on any atom is -0.392 e. The highest BCUT2D eigenvalue weighted by Gasteiger charge is 2.16. The van der Waals surface area contributed by atoms with Gasteiger partial charge in [0.2, 0.25) is 0 Å². The van der Waals surface area contributed by atoms with Gasteiger partial charge in [0.15, 0.2) is 0 Å². The lowest BCUT2D eigenvalue weighted by Gasteiger charge is -2.26. The summed E-state index contributed by atoms with van der Waals surface area (Å²) in [6.45, 7) is 4.15. The lowest BCUT2D eigenvalue weighted by molar-refractivity contribution is 0.0834. The quantitative estimate of drug-likeness (QED) is 0.607. The molecule has 0 saturated heterocycles. The molecule has 0 saturated carbocycles. The number of nitrogens with zero attached hydrogens (tertiary/aromatic N) is 1. The summed E-state index contributed by atoms with van der Waals surface area (Å²) in [5.74, 6) is 0. The third kappa shape index (κ3) is 11.1. The molecular formula is C14H32ClNO. The molecule has 2 atom stereocenters. The number of rotatable bonds is 10. The van der Waals surface area contributed by atoms with Crippen molar-refractivity contribution in [1.29, 1.82) is 0 Å². The molecule has 0 aliphatic carbocycles. The predicted molar refractivity (Wildman–Crippen MR) is 79.0 cm³/mol. The minimum absolute atomic E-state index is 0. The molecule has 0 heterocycles. The lowest BCUT2D eigenvalue weighted by Crippen LogP contribution is -2.37. The second kappa shape index (κ2) is 12.7. The van der Waals surface area contributed by atoms with Gasteiger partial charge < -0.3 is 10.0 Å². The molecule has 0 radical (unpaired) electrons. The summed E-state index contributed by atoms with van der Waals surface area (Å²) < 4.78 is 0. The topological polar surface area (TPSA) is 23.5 Å². The van der Waals surface area contributed by atoms with Gasteiger partial charge in [0.25, 0.3) is 0 Å². The third-order valence-electron chi connectivity index (χ3n) is 3.32. The van der Waals surface area contributed by atoms with E-state index in [4.69, 9.17) is 0 Å². The van der Waals surface area contributed by atoms with Crippen molar-refractivity contribution in [1.82, 2.24) is 4.90 Å². The van der Waals surface area contributed by atoms with Crippen molar-refractivity contribution in [2.45, 2.75) is 77.4 Å². The second-order valence-electron chi connectivity index (χ2n) is 5.18. The fourth-order valence-electron chi connectivity index (χ4n) is 2.24. The van der Waals surface area contributed by atoms with E-state index in [9.17, 15) is 5.11 Å². The molecule has 3 heteroatoms. The molecule has 2 nitrogen and oxygen atoms in total. The van der Waals surface area contributed by atoms with E-state index in [1.54, 1.807) is 0 Å². The van der Waals surface area contributed by atoms with Crippen LogP contribution in [0.4, 0.5) is 0 Å². The third-order valence-corrected chi connectivity index (χ3v) is 3.32. The van der Waals surface area contributed by atoms with Crippen LogP contribution < -0.4 is 0 Å². The molecule has 0 aromatic heterocycles. The molecule has 0 aromatic carbocycles. The zero-order chi connectivity index (χ0) is 12.4. The van der Waals surface area contributed by atoms with Crippen molar-refractivity contribution < 1.29 is 5.11 Å². The van der Waals surface area contributed by atoms with Crippen LogP contribution in [0.5, 0.6) is 0 Å². The molecular weight excluding hydrogens is 234 g/mol. The molecule has 0 fully saturated rings. The summed E-state index contributed by atoms with van der Waals surface area (Å²) in [5, 5.41) is 9.61. The van der Waals surface area contributed by atoms with Gasteiger partial charge in [-0.15, -0.1) is 12.4 Å². The van der Waals surface area contributed by atoms with Crippen LogP contribution in [-0.2, 0) is 0 Å². The highest BCUT2D eigenvalue weighted by atomic mass is 35.5. The SMILES string of the molecule is CCCCCCCCCC(C(C)O)N(C)C.Cl. The van der Waals surface area contributed by atoms with Crippen LogP contribution >= 0.6 is 12.4 Å². The molecule has 0 aliphatic heterocycles. The van der Waals surface area contributed by atoms with Crippen molar-refractivity contribution >= 4 is 12.4 Å². The molecule has 0 aliphatic rings. The fourth-order valence-corrected chi connectivity index (χ4v) is 2.24. The lowest BCUT2D eigenvalue weighted by atomic mass is 10.0. The number of hydrogen-bond donors (Lipinski definition) is 1. The second-order valence-corrected chi connectivity index (χ2v) is 5.18. The fraction of sp³-hybridized carbons (Fsp3) is 1.00. The van der Waals surface area contributed by atoms with Crippen LogP contribution in [0.3, 0.4) is 0 Å². The number of likely N-dealkylation sites (N-methyl/N-ethyl adjacent to an activating group) is 1. The average molecular weight is 266 g/mol. The zero-order valence-electron chi connectivity index (χ0n) is 12.1. The monoisotopic (exact) mass is 265 g/mol. The number of unbranched alkanes of at least 4 members (excludes halogenated alkanes) is 6. The maximum absolute atomic E-state index is 9.61. The molecule has 1 N–H and O–H groups in total.